The van der Waals surface area contributed by atoms with E-state index >= 15 is 0 Å². The van der Waals surface area contributed by atoms with Gasteiger partial charge in [0.1, 0.15) is 5.82 Å². The zero-order valence-corrected chi connectivity index (χ0v) is 8.75. The molecule has 1 aromatic carbocycles. The number of benzene rings is 1. The highest BCUT2D eigenvalue weighted by Gasteiger charge is 2.05. The van der Waals surface area contributed by atoms with Crippen molar-refractivity contribution in [1.29, 1.82) is 0 Å². The lowest BCUT2D eigenvalue weighted by atomic mass is 10.2. The number of hydrogen-bond acceptors (Lipinski definition) is 3. The fraction of sp³-hybridized carbons (Fsp3) is 0.100. The van der Waals surface area contributed by atoms with E-state index in [0.29, 0.717) is 22.1 Å². The molecule has 2 rings (SSSR count). The standard InChI is InChI=1S/C10H8ClN3O/c1-6-12-10(15)9(14-13-6)7-2-4-8(11)5-3-7/h2-5H,1H3,(H,12,13,15). The van der Waals surface area contributed by atoms with Crippen molar-refractivity contribution in [3.05, 3.63) is 45.5 Å². The van der Waals surface area contributed by atoms with E-state index in [-0.39, 0.29) is 5.56 Å². The number of nitrogens with one attached hydrogen (secondary N) is 1. The van der Waals surface area contributed by atoms with Crippen molar-refractivity contribution in [2.45, 2.75) is 6.92 Å². The second-order valence-corrected chi connectivity index (χ2v) is 3.53. The van der Waals surface area contributed by atoms with Crippen molar-refractivity contribution >= 4 is 11.6 Å². The SMILES string of the molecule is Cc1nnc(-c2ccc(Cl)cc2)c(=O)[nH]1. The van der Waals surface area contributed by atoms with Gasteiger partial charge in [-0.25, -0.2) is 0 Å². The van der Waals surface area contributed by atoms with Gasteiger partial charge in [-0.2, -0.15) is 0 Å². The molecule has 1 N–H and O–H groups in total. The van der Waals surface area contributed by atoms with Crippen molar-refractivity contribution in [3.63, 3.8) is 0 Å². The van der Waals surface area contributed by atoms with Crippen LogP contribution < -0.4 is 5.56 Å². The predicted molar refractivity (Wildman–Crippen MR) is 57.8 cm³/mol. The van der Waals surface area contributed by atoms with E-state index in [1.165, 1.54) is 0 Å². The Balaban J connectivity index is 2.55. The van der Waals surface area contributed by atoms with E-state index < -0.39 is 0 Å². The van der Waals surface area contributed by atoms with Crippen molar-refractivity contribution < 1.29 is 0 Å². The maximum absolute atomic E-state index is 11.5. The Morgan fingerprint density at radius 2 is 1.87 bits per heavy atom. The van der Waals surface area contributed by atoms with Crippen LogP contribution in [0.25, 0.3) is 11.3 Å². The quantitative estimate of drug-likeness (QED) is 0.799. The largest absolute Gasteiger partial charge is 0.307 e. The molecule has 0 saturated carbocycles. The lowest BCUT2D eigenvalue weighted by Gasteiger charge is -1.99. The van der Waals surface area contributed by atoms with Crippen LogP contribution in [0.4, 0.5) is 0 Å². The lowest BCUT2D eigenvalue weighted by Crippen LogP contribution is -2.14. The second kappa shape index (κ2) is 3.82. The minimum Gasteiger partial charge on any atom is -0.307 e. The Bertz CT molecular complexity index is 533. The van der Waals surface area contributed by atoms with Crippen LogP contribution in [-0.2, 0) is 0 Å². The van der Waals surface area contributed by atoms with Crippen LogP contribution in [0.2, 0.25) is 5.02 Å². The number of rotatable bonds is 1. The van der Waals surface area contributed by atoms with E-state index in [1.807, 2.05) is 0 Å². The van der Waals surface area contributed by atoms with Gasteiger partial charge < -0.3 is 4.98 Å². The highest BCUT2D eigenvalue weighted by atomic mass is 35.5. The fourth-order valence-electron chi connectivity index (χ4n) is 1.22. The zero-order chi connectivity index (χ0) is 10.8. The van der Waals surface area contributed by atoms with Crippen molar-refractivity contribution in [2.24, 2.45) is 0 Å². The number of aryl methyl sites for hydroxylation is 1. The first-order valence-electron chi connectivity index (χ1n) is 4.36. The summed E-state index contributed by atoms with van der Waals surface area (Å²) in [6.45, 7) is 1.68. The predicted octanol–water partition coefficient (Wildman–Crippen LogP) is 1.79. The van der Waals surface area contributed by atoms with Crippen molar-refractivity contribution in [3.8, 4) is 11.3 Å². The molecule has 0 unspecified atom stereocenters. The molecular weight excluding hydrogens is 214 g/mol. The minimum absolute atomic E-state index is 0.246. The van der Waals surface area contributed by atoms with E-state index in [1.54, 1.807) is 31.2 Å². The highest BCUT2D eigenvalue weighted by Crippen LogP contribution is 2.15. The Morgan fingerprint density at radius 1 is 1.20 bits per heavy atom. The molecule has 0 atom stereocenters. The van der Waals surface area contributed by atoms with Gasteiger partial charge in [-0.05, 0) is 19.1 Å². The summed E-state index contributed by atoms with van der Waals surface area (Å²) < 4.78 is 0. The van der Waals surface area contributed by atoms with Crippen LogP contribution in [0, 0.1) is 6.92 Å². The maximum atomic E-state index is 11.5. The molecule has 0 saturated heterocycles. The molecule has 1 aromatic heterocycles. The first-order chi connectivity index (χ1) is 7.16. The van der Waals surface area contributed by atoms with E-state index in [9.17, 15) is 4.79 Å². The molecule has 76 valence electrons. The van der Waals surface area contributed by atoms with Gasteiger partial charge in [0.2, 0.25) is 0 Å². The summed E-state index contributed by atoms with van der Waals surface area (Å²) in [6.07, 6.45) is 0. The molecule has 0 spiro atoms. The summed E-state index contributed by atoms with van der Waals surface area (Å²) in [4.78, 5) is 14.1. The second-order valence-electron chi connectivity index (χ2n) is 3.10. The normalized spacial score (nSPS) is 10.3. The number of aromatic amines is 1. The van der Waals surface area contributed by atoms with Gasteiger partial charge >= 0.3 is 0 Å². The maximum Gasteiger partial charge on any atom is 0.277 e. The number of aromatic nitrogens is 3. The Hall–Kier alpha value is -1.68. The molecule has 0 amide bonds. The molecule has 15 heavy (non-hydrogen) atoms. The van der Waals surface area contributed by atoms with Crippen molar-refractivity contribution in [1.82, 2.24) is 15.2 Å². The van der Waals surface area contributed by atoms with Crippen molar-refractivity contribution in [2.75, 3.05) is 0 Å². The third-order valence-electron chi connectivity index (χ3n) is 1.93. The van der Waals surface area contributed by atoms with E-state index in [0.717, 1.165) is 0 Å². The molecule has 0 radical (unpaired) electrons. The smallest absolute Gasteiger partial charge is 0.277 e. The molecule has 0 aliphatic rings. The topological polar surface area (TPSA) is 58.6 Å². The molecule has 4 nitrogen and oxygen atoms in total. The Kier molecular flexibility index (Phi) is 2.51. The average molecular weight is 222 g/mol. The van der Waals surface area contributed by atoms with Crippen LogP contribution in [0.3, 0.4) is 0 Å². The molecule has 0 aliphatic carbocycles. The third kappa shape index (κ3) is 2.05. The van der Waals surface area contributed by atoms with Gasteiger partial charge in [0, 0.05) is 10.6 Å². The summed E-state index contributed by atoms with van der Waals surface area (Å²) >= 11 is 5.74. The summed E-state index contributed by atoms with van der Waals surface area (Å²) in [5, 5.41) is 8.26. The first-order valence-corrected chi connectivity index (χ1v) is 4.74. The summed E-state index contributed by atoms with van der Waals surface area (Å²) in [7, 11) is 0. The molecule has 1 heterocycles. The summed E-state index contributed by atoms with van der Waals surface area (Å²) in [5.41, 5.74) is 0.759. The van der Waals surface area contributed by atoms with Gasteiger partial charge in [0.25, 0.3) is 5.56 Å². The van der Waals surface area contributed by atoms with E-state index in [4.69, 9.17) is 11.6 Å². The van der Waals surface area contributed by atoms with Crippen LogP contribution in [-0.4, -0.2) is 15.2 Å². The highest BCUT2D eigenvalue weighted by molar-refractivity contribution is 6.30. The molecule has 0 aliphatic heterocycles. The Morgan fingerprint density at radius 3 is 2.47 bits per heavy atom. The van der Waals surface area contributed by atoms with Crippen LogP contribution >= 0.6 is 11.6 Å². The zero-order valence-electron chi connectivity index (χ0n) is 7.99. The monoisotopic (exact) mass is 221 g/mol. The fourth-order valence-corrected chi connectivity index (χ4v) is 1.34. The average Bonchev–Trinajstić information content (AvgIpc) is 2.20. The molecule has 0 fully saturated rings. The van der Waals surface area contributed by atoms with Gasteiger partial charge in [0.05, 0.1) is 0 Å². The Labute approximate surface area is 90.9 Å². The minimum atomic E-state index is -0.246. The van der Waals surface area contributed by atoms with Gasteiger partial charge in [-0.1, -0.05) is 23.7 Å². The van der Waals surface area contributed by atoms with Crippen LogP contribution in [0.1, 0.15) is 5.82 Å². The molecular formula is C10H8ClN3O. The number of hydrogen-bond donors (Lipinski definition) is 1. The molecule has 0 bridgehead atoms. The first kappa shape index (κ1) is 9.86. The van der Waals surface area contributed by atoms with E-state index in [2.05, 4.69) is 15.2 Å². The molecule has 2 aromatic rings. The summed E-state index contributed by atoms with van der Waals surface area (Å²) in [5.74, 6) is 0.498. The lowest BCUT2D eigenvalue weighted by molar-refractivity contribution is 0.892. The number of halogens is 1. The van der Waals surface area contributed by atoms with Gasteiger partial charge in [-0.15, -0.1) is 10.2 Å². The van der Waals surface area contributed by atoms with Gasteiger partial charge in [-0.3, -0.25) is 4.79 Å². The van der Waals surface area contributed by atoms with Crippen LogP contribution in [0.15, 0.2) is 29.1 Å². The van der Waals surface area contributed by atoms with Crippen LogP contribution in [0.5, 0.6) is 0 Å². The number of nitrogens with zero attached hydrogens (tertiary/aromatic N) is 2. The van der Waals surface area contributed by atoms with Gasteiger partial charge in [0.15, 0.2) is 5.69 Å². The molecule has 5 heteroatoms. The third-order valence-corrected chi connectivity index (χ3v) is 2.18. The number of H-pyrrole nitrogens is 1. The summed E-state index contributed by atoms with van der Waals surface area (Å²) in [6, 6.07) is 6.88.